The molecule has 0 aliphatic carbocycles. The van der Waals surface area contributed by atoms with E-state index < -0.39 is 9.84 Å². The predicted octanol–water partition coefficient (Wildman–Crippen LogP) is 0.917. The lowest BCUT2D eigenvalue weighted by molar-refractivity contribution is 0.154. The Hall–Kier alpha value is 0.160. The SMILES string of the molecule is CC1(CN2CCCC(S(C)(=O)=O)C2)CCNC1.Cl. The van der Waals surface area contributed by atoms with Crippen LogP contribution in [0.25, 0.3) is 0 Å². The highest BCUT2D eigenvalue weighted by atomic mass is 35.5. The molecule has 2 fully saturated rings. The number of nitrogens with one attached hydrogen (secondary N) is 1. The highest BCUT2D eigenvalue weighted by Gasteiger charge is 2.34. The van der Waals surface area contributed by atoms with Gasteiger partial charge in [0.15, 0.2) is 9.84 Å². The highest BCUT2D eigenvalue weighted by molar-refractivity contribution is 7.91. The van der Waals surface area contributed by atoms with Crippen molar-refractivity contribution in [1.29, 1.82) is 0 Å². The minimum Gasteiger partial charge on any atom is -0.316 e. The number of nitrogens with zero attached hydrogens (tertiary/aromatic N) is 1. The van der Waals surface area contributed by atoms with Crippen LogP contribution in [0, 0.1) is 5.41 Å². The Morgan fingerprint density at radius 1 is 1.44 bits per heavy atom. The number of likely N-dealkylation sites (tertiary alicyclic amines) is 1. The monoisotopic (exact) mass is 296 g/mol. The van der Waals surface area contributed by atoms with Crippen LogP contribution in [-0.2, 0) is 9.84 Å². The van der Waals surface area contributed by atoms with Crippen molar-refractivity contribution in [2.75, 3.05) is 39.0 Å². The van der Waals surface area contributed by atoms with Crippen molar-refractivity contribution >= 4 is 22.2 Å². The molecule has 0 spiro atoms. The molecule has 0 bridgehead atoms. The van der Waals surface area contributed by atoms with Gasteiger partial charge in [0.1, 0.15) is 0 Å². The molecule has 2 heterocycles. The molecule has 4 nitrogen and oxygen atoms in total. The first-order valence-corrected chi connectivity index (χ1v) is 8.46. The molecule has 108 valence electrons. The summed E-state index contributed by atoms with van der Waals surface area (Å²) in [4.78, 5) is 2.35. The Labute approximate surface area is 117 Å². The molecule has 0 amide bonds. The lowest BCUT2D eigenvalue weighted by atomic mass is 9.88. The van der Waals surface area contributed by atoms with Gasteiger partial charge in [-0.15, -0.1) is 12.4 Å². The molecule has 2 atom stereocenters. The van der Waals surface area contributed by atoms with Gasteiger partial charge in [-0.2, -0.15) is 0 Å². The van der Waals surface area contributed by atoms with E-state index in [1.54, 1.807) is 0 Å². The van der Waals surface area contributed by atoms with Gasteiger partial charge in [0.25, 0.3) is 0 Å². The van der Waals surface area contributed by atoms with Gasteiger partial charge >= 0.3 is 0 Å². The molecule has 0 aromatic rings. The van der Waals surface area contributed by atoms with Crippen molar-refractivity contribution in [2.45, 2.75) is 31.4 Å². The quantitative estimate of drug-likeness (QED) is 0.841. The second-order valence-electron chi connectivity index (χ2n) is 6.07. The van der Waals surface area contributed by atoms with Crippen LogP contribution < -0.4 is 5.32 Å². The Morgan fingerprint density at radius 2 is 2.17 bits per heavy atom. The van der Waals surface area contributed by atoms with Gasteiger partial charge in [0, 0.05) is 25.9 Å². The maximum Gasteiger partial charge on any atom is 0.151 e. The van der Waals surface area contributed by atoms with E-state index in [0.29, 0.717) is 5.41 Å². The second-order valence-corrected chi connectivity index (χ2v) is 8.39. The third-order valence-electron chi connectivity index (χ3n) is 4.13. The predicted molar refractivity (Wildman–Crippen MR) is 77.1 cm³/mol. The molecule has 2 rings (SSSR count). The van der Waals surface area contributed by atoms with Crippen molar-refractivity contribution in [3.8, 4) is 0 Å². The summed E-state index contributed by atoms with van der Waals surface area (Å²) in [5, 5.41) is 3.25. The molecule has 2 saturated heterocycles. The molecular weight excluding hydrogens is 272 g/mol. The Bertz CT molecular complexity index is 366. The van der Waals surface area contributed by atoms with Gasteiger partial charge in [0.2, 0.25) is 0 Å². The van der Waals surface area contributed by atoms with Crippen molar-refractivity contribution in [2.24, 2.45) is 5.41 Å². The van der Waals surface area contributed by atoms with Crippen LogP contribution >= 0.6 is 12.4 Å². The molecule has 0 aromatic carbocycles. The summed E-state index contributed by atoms with van der Waals surface area (Å²) in [7, 11) is -2.87. The van der Waals surface area contributed by atoms with Crippen LogP contribution in [0.5, 0.6) is 0 Å². The Kier molecular flexibility index (Phi) is 5.47. The van der Waals surface area contributed by atoms with Gasteiger partial charge in [-0.1, -0.05) is 6.92 Å². The Morgan fingerprint density at radius 3 is 2.72 bits per heavy atom. The molecule has 0 saturated carbocycles. The van der Waals surface area contributed by atoms with E-state index in [1.165, 1.54) is 12.7 Å². The summed E-state index contributed by atoms with van der Waals surface area (Å²) < 4.78 is 23.2. The van der Waals surface area contributed by atoms with Gasteiger partial charge < -0.3 is 10.2 Å². The topological polar surface area (TPSA) is 49.4 Å². The molecule has 2 aliphatic heterocycles. The molecular formula is C12H25ClN2O2S. The first-order valence-electron chi connectivity index (χ1n) is 6.51. The van der Waals surface area contributed by atoms with Crippen molar-refractivity contribution in [3.63, 3.8) is 0 Å². The first-order chi connectivity index (χ1) is 7.89. The number of hydrogen-bond acceptors (Lipinski definition) is 4. The summed E-state index contributed by atoms with van der Waals surface area (Å²) in [5.41, 5.74) is 0.333. The minimum atomic E-state index is -2.87. The fourth-order valence-electron chi connectivity index (χ4n) is 3.05. The average molecular weight is 297 g/mol. The second kappa shape index (κ2) is 6.07. The smallest absolute Gasteiger partial charge is 0.151 e. The number of halogens is 1. The van der Waals surface area contributed by atoms with Crippen molar-refractivity contribution in [3.05, 3.63) is 0 Å². The maximum atomic E-state index is 11.6. The average Bonchev–Trinajstić information content (AvgIpc) is 2.64. The minimum absolute atomic E-state index is 0. The zero-order valence-electron chi connectivity index (χ0n) is 11.3. The van der Waals surface area contributed by atoms with Crippen LogP contribution in [0.3, 0.4) is 0 Å². The highest BCUT2D eigenvalue weighted by Crippen LogP contribution is 2.27. The molecule has 6 heteroatoms. The van der Waals surface area contributed by atoms with Crippen LogP contribution in [0.1, 0.15) is 26.2 Å². The number of hydrogen-bond donors (Lipinski definition) is 1. The lowest BCUT2D eigenvalue weighted by Crippen LogP contribution is -2.46. The fraction of sp³-hybridized carbons (Fsp3) is 1.00. The molecule has 0 aromatic heterocycles. The van der Waals surface area contributed by atoms with E-state index in [0.717, 1.165) is 45.6 Å². The van der Waals surface area contributed by atoms with E-state index in [1.807, 2.05) is 0 Å². The van der Waals surface area contributed by atoms with E-state index in [4.69, 9.17) is 0 Å². The normalized spacial score (nSPS) is 34.2. The van der Waals surface area contributed by atoms with Gasteiger partial charge in [-0.3, -0.25) is 0 Å². The summed E-state index contributed by atoms with van der Waals surface area (Å²) in [6.07, 6.45) is 4.43. The first kappa shape index (κ1) is 16.2. The Balaban J connectivity index is 0.00000162. The number of rotatable bonds is 3. The third-order valence-corrected chi connectivity index (χ3v) is 5.73. The van der Waals surface area contributed by atoms with Crippen molar-refractivity contribution in [1.82, 2.24) is 10.2 Å². The third kappa shape index (κ3) is 4.08. The zero-order chi connectivity index (χ0) is 12.5. The molecule has 2 aliphatic rings. The van der Waals surface area contributed by atoms with Gasteiger partial charge in [0.05, 0.1) is 5.25 Å². The molecule has 0 radical (unpaired) electrons. The van der Waals surface area contributed by atoms with E-state index in [9.17, 15) is 8.42 Å². The van der Waals surface area contributed by atoms with E-state index in [-0.39, 0.29) is 17.7 Å². The maximum absolute atomic E-state index is 11.6. The molecule has 2 unspecified atom stereocenters. The van der Waals surface area contributed by atoms with Gasteiger partial charge in [-0.05, 0) is 37.8 Å². The van der Waals surface area contributed by atoms with Gasteiger partial charge in [-0.25, -0.2) is 8.42 Å². The molecule has 18 heavy (non-hydrogen) atoms. The van der Waals surface area contributed by atoms with Crippen LogP contribution in [0.4, 0.5) is 0 Å². The van der Waals surface area contributed by atoms with Crippen LogP contribution in [0.2, 0.25) is 0 Å². The zero-order valence-corrected chi connectivity index (χ0v) is 12.9. The summed E-state index contributed by atoms with van der Waals surface area (Å²) >= 11 is 0. The largest absolute Gasteiger partial charge is 0.316 e. The van der Waals surface area contributed by atoms with E-state index >= 15 is 0 Å². The van der Waals surface area contributed by atoms with Crippen molar-refractivity contribution < 1.29 is 8.42 Å². The molecule has 1 N–H and O–H groups in total. The van der Waals surface area contributed by atoms with E-state index in [2.05, 4.69) is 17.1 Å². The summed E-state index contributed by atoms with van der Waals surface area (Å²) in [5.74, 6) is 0. The summed E-state index contributed by atoms with van der Waals surface area (Å²) in [6, 6.07) is 0. The number of piperidine rings is 1. The van der Waals surface area contributed by atoms with Crippen LogP contribution in [0.15, 0.2) is 0 Å². The fourth-order valence-corrected chi connectivity index (χ4v) is 4.13. The lowest BCUT2D eigenvalue weighted by Gasteiger charge is -2.37. The number of sulfone groups is 1. The van der Waals surface area contributed by atoms with Crippen LogP contribution in [-0.4, -0.2) is 57.5 Å². The standard InChI is InChI=1S/C12H24N2O2S.ClH/c1-12(5-6-13-9-12)10-14-7-3-4-11(8-14)17(2,15)16;/h11,13H,3-10H2,1-2H3;1H. The summed E-state index contributed by atoms with van der Waals surface area (Å²) in [6.45, 7) is 7.28.